The summed E-state index contributed by atoms with van der Waals surface area (Å²) in [6.45, 7) is 0. The van der Waals surface area contributed by atoms with Crippen LogP contribution in [0.2, 0.25) is 0 Å². The van der Waals surface area contributed by atoms with Crippen LogP contribution in [-0.4, -0.2) is 22.6 Å². The van der Waals surface area contributed by atoms with E-state index in [1.807, 2.05) is 17.8 Å². The van der Waals surface area contributed by atoms with Gasteiger partial charge in [-0.2, -0.15) is 11.8 Å². The summed E-state index contributed by atoms with van der Waals surface area (Å²) in [5.41, 5.74) is 2.68. The van der Waals surface area contributed by atoms with Crippen molar-refractivity contribution in [1.29, 1.82) is 0 Å². The molecule has 1 aromatic rings. The van der Waals surface area contributed by atoms with Gasteiger partial charge in [0.05, 0.1) is 6.42 Å². The smallest absolute Gasteiger partial charge is 0.304 e. The highest BCUT2D eigenvalue weighted by Crippen LogP contribution is 2.54. The van der Waals surface area contributed by atoms with E-state index in [2.05, 4.69) is 18.2 Å². The maximum absolute atomic E-state index is 11.0. The Morgan fingerprint density at radius 3 is 2.59 bits per heavy atom. The maximum Gasteiger partial charge on any atom is 0.304 e. The quantitative estimate of drug-likeness (QED) is 0.890. The van der Waals surface area contributed by atoms with Gasteiger partial charge in [0, 0.05) is 22.8 Å². The fourth-order valence-corrected chi connectivity index (χ4v) is 3.56. The van der Waals surface area contributed by atoms with Crippen molar-refractivity contribution < 1.29 is 9.90 Å². The van der Waals surface area contributed by atoms with Crippen LogP contribution < -0.4 is 0 Å². The molecule has 2 aliphatic rings. The average molecular weight is 248 g/mol. The van der Waals surface area contributed by atoms with Crippen molar-refractivity contribution in [2.45, 2.75) is 30.6 Å². The first-order valence-electron chi connectivity index (χ1n) is 6.10. The van der Waals surface area contributed by atoms with Crippen molar-refractivity contribution in [1.82, 2.24) is 0 Å². The maximum atomic E-state index is 11.0. The lowest BCUT2D eigenvalue weighted by Gasteiger charge is -2.29. The molecule has 1 N–H and O–H groups in total. The molecule has 90 valence electrons. The lowest BCUT2D eigenvalue weighted by molar-refractivity contribution is -0.137. The van der Waals surface area contributed by atoms with Crippen molar-refractivity contribution in [3.8, 4) is 0 Å². The van der Waals surface area contributed by atoms with Crippen molar-refractivity contribution >= 4 is 17.7 Å². The van der Waals surface area contributed by atoms with E-state index >= 15 is 0 Å². The number of rotatable bonds is 4. The summed E-state index contributed by atoms with van der Waals surface area (Å²) in [7, 11) is 0. The highest BCUT2D eigenvalue weighted by Gasteiger charge is 2.47. The Hall–Kier alpha value is -0.960. The van der Waals surface area contributed by atoms with Crippen LogP contribution in [0.5, 0.6) is 0 Å². The third-order valence-electron chi connectivity index (χ3n) is 3.95. The molecule has 1 heterocycles. The Bertz CT molecular complexity index is 447. The van der Waals surface area contributed by atoms with E-state index in [4.69, 9.17) is 5.11 Å². The molecular weight excluding hydrogens is 232 g/mol. The van der Waals surface area contributed by atoms with Crippen molar-refractivity contribution in [2.75, 3.05) is 11.5 Å². The van der Waals surface area contributed by atoms with Gasteiger partial charge in [0.15, 0.2) is 0 Å². The summed E-state index contributed by atoms with van der Waals surface area (Å²) < 4.78 is 0. The third-order valence-corrected chi connectivity index (χ3v) is 5.23. The molecule has 0 amide bonds. The topological polar surface area (TPSA) is 37.3 Å². The molecular formula is C14H16O2S. The fourth-order valence-electron chi connectivity index (χ4n) is 2.73. The second-order valence-corrected chi connectivity index (χ2v) is 6.25. The van der Waals surface area contributed by atoms with Crippen LogP contribution in [0.25, 0.3) is 0 Å². The summed E-state index contributed by atoms with van der Waals surface area (Å²) in [4.78, 5) is 11.0. The van der Waals surface area contributed by atoms with Crippen LogP contribution >= 0.6 is 11.8 Å². The number of aliphatic carboxylic acids is 1. The number of carbonyl (C=O) groups is 1. The van der Waals surface area contributed by atoms with Gasteiger partial charge in [0.2, 0.25) is 0 Å². The number of hydrogen-bond acceptors (Lipinski definition) is 2. The predicted octanol–water partition coefficient (Wildman–Crippen LogP) is 3.02. The lowest BCUT2D eigenvalue weighted by Crippen LogP contribution is -2.22. The normalized spacial score (nSPS) is 21.9. The van der Waals surface area contributed by atoms with Gasteiger partial charge in [0.25, 0.3) is 0 Å². The van der Waals surface area contributed by atoms with E-state index in [1.165, 1.54) is 22.6 Å². The van der Waals surface area contributed by atoms with Gasteiger partial charge in [-0.15, -0.1) is 0 Å². The lowest BCUT2D eigenvalue weighted by atomic mass is 9.84. The Morgan fingerprint density at radius 1 is 1.35 bits per heavy atom. The van der Waals surface area contributed by atoms with Crippen LogP contribution in [-0.2, 0) is 10.2 Å². The number of carboxylic acid groups (broad SMARTS) is 1. The first-order valence-corrected chi connectivity index (χ1v) is 7.26. The van der Waals surface area contributed by atoms with Gasteiger partial charge >= 0.3 is 5.97 Å². The third kappa shape index (κ3) is 1.97. The molecule has 2 fully saturated rings. The molecule has 1 aromatic carbocycles. The zero-order valence-electron chi connectivity index (χ0n) is 9.69. The molecule has 1 aliphatic carbocycles. The Balaban J connectivity index is 1.94. The molecule has 0 atom stereocenters. The highest BCUT2D eigenvalue weighted by atomic mass is 32.2. The standard InChI is InChI=1S/C14H16O2S/c15-13(16)7-14(5-6-14)12-4-2-1-3-11(12)10-8-17-9-10/h1-4,10H,5-9H2,(H,15,16). The van der Waals surface area contributed by atoms with E-state index < -0.39 is 5.97 Å². The molecule has 17 heavy (non-hydrogen) atoms. The van der Waals surface area contributed by atoms with Crippen molar-refractivity contribution in [2.24, 2.45) is 0 Å². The molecule has 2 nitrogen and oxygen atoms in total. The Kier molecular flexibility index (Phi) is 2.66. The number of benzene rings is 1. The Labute approximate surface area is 105 Å². The van der Waals surface area contributed by atoms with E-state index in [0.717, 1.165) is 12.8 Å². The summed E-state index contributed by atoms with van der Waals surface area (Å²) in [6, 6.07) is 8.47. The number of thioether (sulfide) groups is 1. The highest BCUT2D eigenvalue weighted by molar-refractivity contribution is 8.00. The molecule has 1 saturated carbocycles. The van der Waals surface area contributed by atoms with Crippen molar-refractivity contribution in [3.05, 3.63) is 35.4 Å². The fraction of sp³-hybridized carbons (Fsp3) is 0.500. The predicted molar refractivity (Wildman–Crippen MR) is 69.7 cm³/mol. The SMILES string of the molecule is O=C(O)CC1(c2ccccc2C2CSC2)CC1. The van der Waals surface area contributed by atoms with E-state index in [1.54, 1.807) is 0 Å². The van der Waals surface area contributed by atoms with Crippen LogP contribution in [0.4, 0.5) is 0 Å². The second-order valence-electron chi connectivity index (χ2n) is 5.17. The van der Waals surface area contributed by atoms with Gasteiger partial charge in [-0.3, -0.25) is 4.79 Å². The summed E-state index contributed by atoms with van der Waals surface area (Å²) in [5.74, 6) is 2.38. The molecule has 0 aromatic heterocycles. The monoisotopic (exact) mass is 248 g/mol. The minimum absolute atomic E-state index is 0.0390. The van der Waals surface area contributed by atoms with E-state index in [-0.39, 0.29) is 5.41 Å². The first-order chi connectivity index (χ1) is 8.21. The molecule has 1 aliphatic heterocycles. The molecule has 0 spiro atoms. The first kappa shape index (κ1) is 11.1. The minimum Gasteiger partial charge on any atom is -0.481 e. The van der Waals surface area contributed by atoms with Gasteiger partial charge in [-0.05, 0) is 24.0 Å². The summed E-state index contributed by atoms with van der Waals surface area (Å²) >= 11 is 1.98. The van der Waals surface area contributed by atoms with E-state index in [9.17, 15) is 4.79 Å². The molecule has 0 unspecified atom stereocenters. The van der Waals surface area contributed by atoms with Crippen LogP contribution in [0.15, 0.2) is 24.3 Å². The molecule has 0 bridgehead atoms. The van der Waals surface area contributed by atoms with Gasteiger partial charge < -0.3 is 5.11 Å². The van der Waals surface area contributed by atoms with Gasteiger partial charge in [0.1, 0.15) is 0 Å². The van der Waals surface area contributed by atoms with E-state index in [0.29, 0.717) is 12.3 Å². The van der Waals surface area contributed by atoms with Crippen LogP contribution in [0.3, 0.4) is 0 Å². The zero-order chi connectivity index (χ0) is 11.9. The number of hydrogen-bond donors (Lipinski definition) is 1. The van der Waals surface area contributed by atoms with Gasteiger partial charge in [-0.25, -0.2) is 0 Å². The number of carboxylic acids is 1. The molecule has 3 heteroatoms. The zero-order valence-corrected chi connectivity index (χ0v) is 10.5. The Morgan fingerprint density at radius 2 is 2.06 bits per heavy atom. The molecule has 3 rings (SSSR count). The summed E-state index contributed by atoms with van der Waals surface area (Å²) in [5, 5.41) is 9.05. The molecule has 1 saturated heterocycles. The summed E-state index contributed by atoms with van der Waals surface area (Å²) in [6.07, 6.45) is 2.37. The average Bonchev–Trinajstić information content (AvgIpc) is 2.96. The molecule has 0 radical (unpaired) electrons. The largest absolute Gasteiger partial charge is 0.481 e. The van der Waals surface area contributed by atoms with Crippen molar-refractivity contribution in [3.63, 3.8) is 0 Å². The van der Waals surface area contributed by atoms with Gasteiger partial charge in [-0.1, -0.05) is 24.3 Å². The van der Waals surface area contributed by atoms with Crippen LogP contribution in [0, 0.1) is 0 Å². The second kappa shape index (κ2) is 4.05. The van der Waals surface area contributed by atoms with Crippen LogP contribution in [0.1, 0.15) is 36.3 Å². The minimum atomic E-state index is -0.666.